The van der Waals surface area contributed by atoms with Gasteiger partial charge in [0.05, 0.1) is 6.04 Å². The highest BCUT2D eigenvalue weighted by Crippen LogP contribution is 2.21. The number of thiazole rings is 1. The van der Waals surface area contributed by atoms with Gasteiger partial charge in [-0.25, -0.2) is 4.98 Å². The lowest BCUT2D eigenvalue weighted by molar-refractivity contribution is 0.0939. The van der Waals surface area contributed by atoms with Crippen LogP contribution in [0, 0.1) is 6.92 Å². The summed E-state index contributed by atoms with van der Waals surface area (Å²) >= 11 is 1.63. The summed E-state index contributed by atoms with van der Waals surface area (Å²) in [5.74, 6) is -0.115. The molecule has 0 aliphatic heterocycles. The summed E-state index contributed by atoms with van der Waals surface area (Å²) < 4.78 is 0. The van der Waals surface area contributed by atoms with Gasteiger partial charge in [-0.15, -0.1) is 11.3 Å². The summed E-state index contributed by atoms with van der Waals surface area (Å²) in [5.41, 5.74) is 7.86. The number of aryl methyl sites for hydroxylation is 2. The first kappa shape index (κ1) is 14.5. The molecule has 0 aliphatic rings. The van der Waals surface area contributed by atoms with Gasteiger partial charge in [0, 0.05) is 22.3 Å². The summed E-state index contributed by atoms with van der Waals surface area (Å²) in [4.78, 5) is 17.9. The number of aromatic nitrogens is 1. The average molecular weight is 289 g/mol. The van der Waals surface area contributed by atoms with E-state index in [0.29, 0.717) is 11.3 Å². The Bertz CT molecular complexity index is 621. The fourth-order valence-corrected chi connectivity index (χ4v) is 2.77. The Labute approximate surface area is 123 Å². The molecule has 1 amide bonds. The summed E-state index contributed by atoms with van der Waals surface area (Å²) in [6.07, 6.45) is 2.83. The van der Waals surface area contributed by atoms with Gasteiger partial charge in [0.1, 0.15) is 5.01 Å². The second-order valence-corrected chi connectivity index (χ2v) is 5.93. The number of anilines is 1. The van der Waals surface area contributed by atoms with Crippen molar-refractivity contribution in [1.29, 1.82) is 0 Å². The molecule has 2 rings (SSSR count). The fraction of sp³-hybridized carbons (Fsp3) is 0.333. The number of amides is 1. The van der Waals surface area contributed by atoms with Crippen LogP contribution in [0.1, 0.15) is 45.7 Å². The van der Waals surface area contributed by atoms with Crippen molar-refractivity contribution in [1.82, 2.24) is 10.3 Å². The van der Waals surface area contributed by atoms with E-state index >= 15 is 0 Å². The number of nitrogen functional groups attached to an aromatic ring is 1. The second kappa shape index (κ2) is 6.05. The number of carbonyl (C=O) groups excluding carboxylic acids is 1. The van der Waals surface area contributed by atoms with Gasteiger partial charge >= 0.3 is 0 Å². The smallest absolute Gasteiger partial charge is 0.252 e. The van der Waals surface area contributed by atoms with Crippen molar-refractivity contribution in [2.75, 3.05) is 5.73 Å². The van der Waals surface area contributed by atoms with Gasteiger partial charge in [0.15, 0.2) is 0 Å². The first-order chi connectivity index (χ1) is 9.51. The maximum atomic E-state index is 12.3. The first-order valence-corrected chi connectivity index (χ1v) is 7.44. The van der Waals surface area contributed by atoms with E-state index in [1.807, 2.05) is 26.1 Å². The zero-order chi connectivity index (χ0) is 14.7. The van der Waals surface area contributed by atoms with E-state index in [0.717, 1.165) is 17.0 Å². The zero-order valence-corrected chi connectivity index (χ0v) is 12.8. The molecule has 5 heteroatoms. The van der Waals surface area contributed by atoms with Gasteiger partial charge in [-0.05, 0) is 38.0 Å². The highest BCUT2D eigenvalue weighted by atomic mass is 32.1. The Morgan fingerprint density at radius 1 is 1.50 bits per heavy atom. The molecule has 0 saturated carbocycles. The Morgan fingerprint density at radius 3 is 2.90 bits per heavy atom. The molecular formula is C15H19N3OS. The quantitative estimate of drug-likeness (QED) is 0.850. The second-order valence-electron chi connectivity index (χ2n) is 4.79. The van der Waals surface area contributed by atoms with Crippen LogP contribution in [0.25, 0.3) is 0 Å². The molecule has 0 radical (unpaired) electrons. The molecule has 1 heterocycles. The monoisotopic (exact) mass is 289 g/mol. The van der Waals surface area contributed by atoms with E-state index in [9.17, 15) is 4.79 Å². The van der Waals surface area contributed by atoms with Crippen molar-refractivity contribution in [2.24, 2.45) is 0 Å². The van der Waals surface area contributed by atoms with Gasteiger partial charge in [-0.3, -0.25) is 4.79 Å². The molecule has 3 N–H and O–H groups in total. The fourth-order valence-electron chi connectivity index (χ4n) is 1.91. The molecule has 0 spiro atoms. The Kier molecular flexibility index (Phi) is 4.39. The third kappa shape index (κ3) is 3.17. The molecule has 0 fully saturated rings. The third-order valence-electron chi connectivity index (χ3n) is 3.14. The molecule has 2 aromatic rings. The van der Waals surface area contributed by atoms with Crippen molar-refractivity contribution in [3.8, 4) is 0 Å². The molecule has 1 unspecified atom stereocenters. The normalized spacial score (nSPS) is 12.2. The van der Waals surface area contributed by atoms with Crippen LogP contribution in [-0.2, 0) is 6.42 Å². The lowest BCUT2D eigenvalue weighted by atomic mass is 10.1. The third-order valence-corrected chi connectivity index (χ3v) is 4.47. The summed E-state index contributed by atoms with van der Waals surface area (Å²) in [6, 6.07) is 5.25. The van der Waals surface area contributed by atoms with Crippen LogP contribution in [0.5, 0.6) is 0 Å². The Morgan fingerprint density at radius 2 is 2.25 bits per heavy atom. The van der Waals surface area contributed by atoms with Crippen molar-refractivity contribution in [3.63, 3.8) is 0 Å². The minimum Gasteiger partial charge on any atom is -0.399 e. The minimum absolute atomic E-state index is 0.103. The number of nitrogens with one attached hydrogen (secondary N) is 1. The van der Waals surface area contributed by atoms with E-state index < -0.39 is 0 Å². The van der Waals surface area contributed by atoms with Gasteiger partial charge in [-0.2, -0.15) is 0 Å². The Balaban J connectivity index is 2.12. The number of nitrogens with two attached hydrogens (primary N) is 1. The maximum absolute atomic E-state index is 12.3. The molecule has 4 nitrogen and oxygen atoms in total. The van der Waals surface area contributed by atoms with Crippen LogP contribution < -0.4 is 11.1 Å². The predicted molar refractivity (Wildman–Crippen MR) is 83.0 cm³/mol. The zero-order valence-electron chi connectivity index (χ0n) is 11.9. The highest BCUT2D eigenvalue weighted by Gasteiger charge is 2.16. The topological polar surface area (TPSA) is 68.0 Å². The van der Waals surface area contributed by atoms with Crippen molar-refractivity contribution in [2.45, 2.75) is 33.2 Å². The predicted octanol–water partition coefficient (Wildman–Crippen LogP) is 3.09. The SMILES string of the molecule is CCc1cnc(C(C)NC(=O)c2cc(N)ccc2C)s1. The van der Waals surface area contributed by atoms with E-state index in [1.165, 1.54) is 4.88 Å². The van der Waals surface area contributed by atoms with Gasteiger partial charge in [0.2, 0.25) is 0 Å². The lowest BCUT2D eigenvalue weighted by Crippen LogP contribution is -2.27. The maximum Gasteiger partial charge on any atom is 0.252 e. The molecule has 0 bridgehead atoms. The first-order valence-electron chi connectivity index (χ1n) is 6.62. The minimum atomic E-state index is -0.115. The molecule has 1 aromatic heterocycles. The number of rotatable bonds is 4. The van der Waals surface area contributed by atoms with E-state index in [2.05, 4.69) is 17.2 Å². The van der Waals surface area contributed by atoms with E-state index in [4.69, 9.17) is 5.73 Å². The van der Waals surface area contributed by atoms with Gasteiger partial charge < -0.3 is 11.1 Å². The molecule has 0 saturated heterocycles. The van der Waals surface area contributed by atoms with Crippen LogP contribution in [0.4, 0.5) is 5.69 Å². The average Bonchev–Trinajstić information content (AvgIpc) is 2.90. The number of carbonyl (C=O) groups is 1. The largest absolute Gasteiger partial charge is 0.399 e. The molecular weight excluding hydrogens is 270 g/mol. The lowest BCUT2D eigenvalue weighted by Gasteiger charge is -2.13. The van der Waals surface area contributed by atoms with Crippen molar-refractivity contribution in [3.05, 3.63) is 45.4 Å². The van der Waals surface area contributed by atoms with Crippen LogP contribution in [0.2, 0.25) is 0 Å². The Hall–Kier alpha value is -1.88. The van der Waals surface area contributed by atoms with E-state index in [1.54, 1.807) is 23.5 Å². The summed E-state index contributed by atoms with van der Waals surface area (Å²) in [7, 11) is 0. The number of hydrogen-bond donors (Lipinski definition) is 2. The number of hydrogen-bond acceptors (Lipinski definition) is 4. The van der Waals surface area contributed by atoms with Crippen LogP contribution in [-0.4, -0.2) is 10.9 Å². The van der Waals surface area contributed by atoms with Crippen LogP contribution >= 0.6 is 11.3 Å². The van der Waals surface area contributed by atoms with Gasteiger partial charge in [-0.1, -0.05) is 13.0 Å². The molecule has 0 aliphatic carbocycles. The molecule has 20 heavy (non-hydrogen) atoms. The standard InChI is InChI=1S/C15H19N3OS/c1-4-12-8-17-15(20-12)10(3)18-14(19)13-7-11(16)6-5-9(13)2/h5-8,10H,4,16H2,1-3H3,(H,18,19). The number of nitrogens with zero attached hydrogens (tertiary/aromatic N) is 1. The van der Waals surface area contributed by atoms with Crippen LogP contribution in [0.3, 0.4) is 0 Å². The summed E-state index contributed by atoms with van der Waals surface area (Å²) in [5, 5.41) is 3.90. The molecule has 106 valence electrons. The molecule has 1 atom stereocenters. The van der Waals surface area contributed by atoms with Gasteiger partial charge in [0.25, 0.3) is 5.91 Å². The highest BCUT2D eigenvalue weighted by molar-refractivity contribution is 7.11. The van der Waals surface area contributed by atoms with Crippen LogP contribution in [0.15, 0.2) is 24.4 Å². The number of benzene rings is 1. The van der Waals surface area contributed by atoms with Crippen molar-refractivity contribution < 1.29 is 4.79 Å². The summed E-state index contributed by atoms with van der Waals surface area (Å²) in [6.45, 7) is 5.94. The van der Waals surface area contributed by atoms with Crippen molar-refractivity contribution >= 4 is 22.9 Å². The molecule has 1 aromatic carbocycles. The van der Waals surface area contributed by atoms with E-state index in [-0.39, 0.29) is 11.9 Å².